The van der Waals surface area contributed by atoms with E-state index in [1.807, 2.05) is 70.0 Å². The van der Waals surface area contributed by atoms with Crippen molar-refractivity contribution < 1.29 is 4.74 Å². The van der Waals surface area contributed by atoms with Crippen LogP contribution < -0.4 is 10.5 Å². The third kappa shape index (κ3) is 4.72. The summed E-state index contributed by atoms with van der Waals surface area (Å²) in [7, 11) is 4.01. The molecule has 2 N–H and O–H groups in total. The molecule has 10 heteroatoms. The van der Waals surface area contributed by atoms with Gasteiger partial charge in [0.05, 0.1) is 22.8 Å². The largest absolute Gasteiger partial charge is 0.475 e. The molecule has 5 rings (SSSR count). The molecule has 0 radical (unpaired) electrons. The van der Waals surface area contributed by atoms with E-state index in [0.717, 1.165) is 40.1 Å². The molecule has 5 aromatic rings. The molecule has 0 aromatic carbocycles. The molecule has 1 atom stereocenters. The predicted molar refractivity (Wildman–Crippen MR) is 142 cm³/mol. The smallest absolute Gasteiger partial charge is 0.233 e. The van der Waals surface area contributed by atoms with Gasteiger partial charge in [0.2, 0.25) is 5.88 Å². The molecule has 5 aromatic heterocycles. The highest BCUT2D eigenvalue weighted by Gasteiger charge is 2.24. The molecule has 0 aliphatic rings. The Bertz CT molecular complexity index is 1450. The van der Waals surface area contributed by atoms with Gasteiger partial charge in [0.1, 0.15) is 24.4 Å². The number of ether oxygens (including phenoxy) is 1. The summed E-state index contributed by atoms with van der Waals surface area (Å²) in [5, 5.41) is 14.4. The van der Waals surface area contributed by atoms with Gasteiger partial charge >= 0.3 is 0 Å². The summed E-state index contributed by atoms with van der Waals surface area (Å²) < 4.78 is 9.73. The Labute approximate surface area is 210 Å². The van der Waals surface area contributed by atoms with E-state index < -0.39 is 0 Å². The van der Waals surface area contributed by atoms with E-state index in [-0.39, 0.29) is 6.04 Å². The number of hydrogen-bond donors (Lipinski definition) is 1. The fourth-order valence-corrected chi connectivity index (χ4v) is 4.16. The van der Waals surface area contributed by atoms with Gasteiger partial charge in [-0.05, 0) is 52.2 Å². The van der Waals surface area contributed by atoms with Crippen molar-refractivity contribution in [3.63, 3.8) is 0 Å². The summed E-state index contributed by atoms with van der Waals surface area (Å²) in [4.78, 5) is 10.7. The quantitative estimate of drug-likeness (QED) is 0.367. The van der Waals surface area contributed by atoms with Crippen molar-refractivity contribution in [2.24, 2.45) is 0 Å². The van der Waals surface area contributed by atoms with Crippen LogP contribution in [-0.2, 0) is 0 Å². The predicted octanol–water partition coefficient (Wildman–Crippen LogP) is 4.00. The standard InChI is InChI=1S/C24H27N9O.C2H6/c1-15-21-23(25)26-14-27-24(21)33(30-15)16(2)18-13-17-7-5-6-10-32(17)22(18)19-8-9-20(29-28-19)34-12-11-31(3)4;1-2/h5-10,13-14,16H,11-12H2,1-4H3,(H2,25,26,27);1-2H3. The lowest BCUT2D eigenvalue weighted by Crippen LogP contribution is -2.19. The summed E-state index contributed by atoms with van der Waals surface area (Å²) in [6.07, 6.45) is 3.50. The lowest BCUT2D eigenvalue weighted by molar-refractivity contribution is 0.252. The SMILES string of the molecule is CC.Cc1nn(C(C)c2cc3ccccn3c2-c2ccc(OCCN(C)C)nn2)c2ncnc(N)c12. The van der Waals surface area contributed by atoms with Crippen molar-refractivity contribution in [3.8, 4) is 17.3 Å². The molecule has 1 unspecified atom stereocenters. The molecule has 36 heavy (non-hydrogen) atoms. The molecule has 0 spiro atoms. The van der Waals surface area contributed by atoms with Crippen LogP contribution in [-0.4, -0.2) is 66.5 Å². The first-order chi connectivity index (χ1) is 17.4. The molecular weight excluding hydrogens is 454 g/mol. The van der Waals surface area contributed by atoms with Crippen molar-refractivity contribution >= 4 is 22.4 Å². The van der Waals surface area contributed by atoms with Crippen molar-refractivity contribution in [3.05, 3.63) is 60.2 Å². The lowest BCUT2D eigenvalue weighted by atomic mass is 10.1. The third-order valence-electron chi connectivity index (χ3n) is 5.89. The Morgan fingerprint density at radius 3 is 2.61 bits per heavy atom. The second-order valence-corrected chi connectivity index (χ2v) is 8.52. The van der Waals surface area contributed by atoms with E-state index in [2.05, 4.69) is 48.5 Å². The van der Waals surface area contributed by atoms with E-state index in [9.17, 15) is 0 Å². The van der Waals surface area contributed by atoms with Crippen LogP contribution in [0.4, 0.5) is 5.82 Å². The van der Waals surface area contributed by atoms with Crippen LogP contribution in [0.5, 0.6) is 5.88 Å². The normalized spacial score (nSPS) is 12.1. The number of nitrogens with two attached hydrogens (primary N) is 1. The first kappa shape index (κ1) is 25.1. The van der Waals surface area contributed by atoms with Gasteiger partial charge in [0, 0.05) is 29.9 Å². The van der Waals surface area contributed by atoms with Crippen molar-refractivity contribution in [1.29, 1.82) is 0 Å². The van der Waals surface area contributed by atoms with Crippen LogP contribution >= 0.6 is 0 Å². The number of pyridine rings is 1. The maximum absolute atomic E-state index is 6.12. The zero-order chi connectivity index (χ0) is 25.8. The molecule has 0 saturated heterocycles. The van der Waals surface area contributed by atoms with Crippen LogP contribution in [0.15, 0.2) is 48.9 Å². The van der Waals surface area contributed by atoms with Gasteiger partial charge in [-0.15, -0.1) is 10.2 Å². The van der Waals surface area contributed by atoms with Gasteiger partial charge < -0.3 is 19.8 Å². The van der Waals surface area contributed by atoms with E-state index >= 15 is 0 Å². The molecule has 188 valence electrons. The summed E-state index contributed by atoms with van der Waals surface area (Å²) in [5.41, 5.74) is 11.4. The molecular formula is C26H33N9O. The van der Waals surface area contributed by atoms with Crippen molar-refractivity contribution in [2.45, 2.75) is 33.7 Å². The van der Waals surface area contributed by atoms with Crippen molar-refractivity contribution in [1.82, 2.24) is 39.2 Å². The Kier molecular flexibility index (Phi) is 7.44. The summed E-state index contributed by atoms with van der Waals surface area (Å²) >= 11 is 0. The molecule has 5 heterocycles. The van der Waals surface area contributed by atoms with E-state index in [4.69, 9.17) is 15.6 Å². The van der Waals surface area contributed by atoms with Crippen LogP contribution in [0.1, 0.15) is 38.1 Å². The number of aryl methyl sites for hydroxylation is 1. The zero-order valence-electron chi connectivity index (χ0n) is 21.7. The van der Waals surface area contributed by atoms with Gasteiger partial charge in [-0.25, -0.2) is 14.6 Å². The molecule has 10 nitrogen and oxygen atoms in total. The number of rotatable bonds is 7. The molecule has 0 amide bonds. The molecule has 0 aliphatic carbocycles. The highest BCUT2D eigenvalue weighted by atomic mass is 16.5. The van der Waals surface area contributed by atoms with Gasteiger partial charge in [-0.1, -0.05) is 19.9 Å². The Morgan fingerprint density at radius 2 is 1.89 bits per heavy atom. The highest BCUT2D eigenvalue weighted by Crippen LogP contribution is 2.34. The summed E-state index contributed by atoms with van der Waals surface area (Å²) in [5.74, 6) is 0.931. The average molecular weight is 488 g/mol. The number of nitrogens with zero attached hydrogens (tertiary/aromatic N) is 8. The Balaban J connectivity index is 0.00000148. The second kappa shape index (κ2) is 10.7. The van der Waals surface area contributed by atoms with Gasteiger partial charge in [-0.2, -0.15) is 5.10 Å². The first-order valence-corrected chi connectivity index (χ1v) is 12.1. The second-order valence-electron chi connectivity index (χ2n) is 8.52. The average Bonchev–Trinajstić information content (AvgIpc) is 3.44. The van der Waals surface area contributed by atoms with Crippen molar-refractivity contribution in [2.75, 3.05) is 33.0 Å². The van der Waals surface area contributed by atoms with E-state index in [0.29, 0.717) is 24.0 Å². The molecule has 0 bridgehead atoms. The number of fused-ring (bicyclic) bond motifs is 2. The number of anilines is 1. The van der Waals surface area contributed by atoms with Gasteiger partial charge in [0.25, 0.3) is 0 Å². The maximum Gasteiger partial charge on any atom is 0.233 e. The van der Waals surface area contributed by atoms with E-state index in [1.54, 1.807) is 0 Å². The lowest BCUT2D eigenvalue weighted by Gasteiger charge is -2.15. The maximum atomic E-state index is 6.12. The fraction of sp³-hybridized carbons (Fsp3) is 0.346. The summed E-state index contributed by atoms with van der Waals surface area (Å²) in [6, 6.07) is 11.9. The topological polar surface area (TPSA) is 112 Å². The van der Waals surface area contributed by atoms with E-state index in [1.165, 1.54) is 6.33 Å². The van der Waals surface area contributed by atoms with Crippen LogP contribution in [0, 0.1) is 6.92 Å². The van der Waals surface area contributed by atoms with Crippen LogP contribution in [0.2, 0.25) is 0 Å². The third-order valence-corrected chi connectivity index (χ3v) is 5.89. The monoisotopic (exact) mass is 487 g/mol. The fourth-order valence-electron chi connectivity index (χ4n) is 4.16. The zero-order valence-corrected chi connectivity index (χ0v) is 21.7. The van der Waals surface area contributed by atoms with Gasteiger partial charge in [0.15, 0.2) is 5.65 Å². The minimum atomic E-state index is -0.141. The minimum absolute atomic E-state index is 0.141. The van der Waals surface area contributed by atoms with Gasteiger partial charge in [-0.3, -0.25) is 0 Å². The number of hydrogen-bond acceptors (Lipinski definition) is 8. The minimum Gasteiger partial charge on any atom is -0.475 e. The number of aromatic nitrogens is 7. The van der Waals surface area contributed by atoms with Crippen LogP contribution in [0.3, 0.4) is 0 Å². The number of likely N-dealkylation sites (N-methyl/N-ethyl adjacent to an activating group) is 1. The molecule has 0 fully saturated rings. The highest BCUT2D eigenvalue weighted by molar-refractivity contribution is 5.88. The molecule has 0 aliphatic heterocycles. The van der Waals surface area contributed by atoms with Crippen LogP contribution in [0.25, 0.3) is 27.9 Å². The Hall–Kier alpha value is -4.05. The number of nitrogen functional groups attached to an aromatic ring is 1. The molecule has 0 saturated carbocycles. The summed E-state index contributed by atoms with van der Waals surface area (Å²) in [6.45, 7) is 9.37. The Morgan fingerprint density at radius 1 is 1.08 bits per heavy atom. The first-order valence-electron chi connectivity index (χ1n) is 12.1.